The first kappa shape index (κ1) is 11.0. The Morgan fingerprint density at radius 3 is 2.92 bits per heavy atom. The van der Waals surface area contributed by atoms with Gasteiger partial charge in [-0.15, -0.1) is 12.4 Å². The summed E-state index contributed by atoms with van der Waals surface area (Å²) in [4.78, 5) is 0. The Kier molecular flexibility index (Phi) is 3.77. The van der Waals surface area contributed by atoms with E-state index in [0.29, 0.717) is 0 Å². The molecule has 1 aromatic rings. The second kappa shape index (κ2) is 4.45. The van der Waals surface area contributed by atoms with E-state index in [1.165, 1.54) is 21.2 Å². The maximum absolute atomic E-state index is 3.64. The fourth-order valence-electron chi connectivity index (χ4n) is 1.65. The summed E-state index contributed by atoms with van der Waals surface area (Å²) >= 11 is 3.64. The van der Waals surface area contributed by atoms with Crippen molar-refractivity contribution in [2.75, 3.05) is 6.54 Å². The normalized spacial score (nSPS) is 14.6. The molecule has 0 spiro atoms. The molecule has 0 atom stereocenters. The summed E-state index contributed by atoms with van der Waals surface area (Å²) in [6.45, 7) is 4.27. The van der Waals surface area contributed by atoms with Crippen LogP contribution in [0.3, 0.4) is 0 Å². The molecular formula is C10H13BrClN. The zero-order chi connectivity index (χ0) is 8.55. The van der Waals surface area contributed by atoms with E-state index in [4.69, 9.17) is 0 Å². The lowest BCUT2D eigenvalue weighted by atomic mass is 9.99. The fraction of sp³-hybridized carbons (Fsp3) is 0.400. The number of rotatable bonds is 0. The number of nitrogens with one attached hydrogen (secondary N) is 1. The van der Waals surface area contributed by atoms with Gasteiger partial charge in [-0.05, 0) is 36.6 Å². The smallest absolute Gasteiger partial charge is 0.0240 e. The van der Waals surface area contributed by atoms with Gasteiger partial charge in [0.1, 0.15) is 0 Å². The van der Waals surface area contributed by atoms with Crippen molar-refractivity contribution in [2.24, 2.45) is 0 Å². The van der Waals surface area contributed by atoms with Crippen LogP contribution in [-0.2, 0) is 13.0 Å². The first-order chi connectivity index (χ1) is 5.79. The van der Waals surface area contributed by atoms with Crippen molar-refractivity contribution in [1.29, 1.82) is 0 Å². The first-order valence-electron chi connectivity index (χ1n) is 4.26. The summed E-state index contributed by atoms with van der Waals surface area (Å²) in [5.41, 5.74) is 4.28. The highest BCUT2D eigenvalue weighted by atomic mass is 79.9. The van der Waals surface area contributed by atoms with Gasteiger partial charge in [0.25, 0.3) is 0 Å². The Morgan fingerprint density at radius 2 is 2.15 bits per heavy atom. The highest BCUT2D eigenvalue weighted by Gasteiger charge is 2.12. The van der Waals surface area contributed by atoms with E-state index in [0.717, 1.165) is 19.5 Å². The Morgan fingerprint density at radius 1 is 1.38 bits per heavy atom. The largest absolute Gasteiger partial charge is 0.312 e. The Balaban J connectivity index is 0.000000845. The van der Waals surface area contributed by atoms with Gasteiger partial charge >= 0.3 is 0 Å². The van der Waals surface area contributed by atoms with Gasteiger partial charge in [0.2, 0.25) is 0 Å². The second-order valence-electron chi connectivity index (χ2n) is 3.26. The monoisotopic (exact) mass is 261 g/mol. The number of hydrogen-bond donors (Lipinski definition) is 1. The van der Waals surface area contributed by atoms with Gasteiger partial charge < -0.3 is 5.32 Å². The molecule has 1 nitrogen and oxygen atoms in total. The standard InChI is InChI=1S/C10H12BrN.ClH/c1-7-2-3-8-6-12-5-4-9(8)10(7)11;/h2-3,12H,4-6H2,1H3;1H. The highest BCUT2D eigenvalue weighted by molar-refractivity contribution is 9.10. The number of fused-ring (bicyclic) bond motifs is 1. The van der Waals surface area contributed by atoms with Crippen LogP contribution < -0.4 is 5.32 Å². The molecule has 0 saturated carbocycles. The van der Waals surface area contributed by atoms with E-state index >= 15 is 0 Å². The van der Waals surface area contributed by atoms with Crippen LogP contribution >= 0.6 is 28.3 Å². The molecule has 0 aromatic heterocycles. The van der Waals surface area contributed by atoms with E-state index in [9.17, 15) is 0 Å². The van der Waals surface area contributed by atoms with Crippen LogP contribution in [0.5, 0.6) is 0 Å². The molecule has 0 saturated heterocycles. The number of hydrogen-bond acceptors (Lipinski definition) is 1. The molecule has 2 rings (SSSR count). The van der Waals surface area contributed by atoms with Crippen molar-refractivity contribution in [1.82, 2.24) is 5.32 Å². The Hall–Kier alpha value is -0.0500. The first-order valence-corrected chi connectivity index (χ1v) is 5.06. The molecule has 0 bridgehead atoms. The fourth-order valence-corrected chi connectivity index (χ4v) is 2.24. The van der Waals surface area contributed by atoms with E-state index in [-0.39, 0.29) is 12.4 Å². The number of aryl methyl sites for hydroxylation is 1. The maximum Gasteiger partial charge on any atom is 0.0240 e. The van der Waals surface area contributed by atoms with Gasteiger partial charge in [-0.25, -0.2) is 0 Å². The average molecular weight is 263 g/mol. The highest BCUT2D eigenvalue weighted by Crippen LogP contribution is 2.26. The zero-order valence-corrected chi connectivity index (χ0v) is 9.96. The van der Waals surface area contributed by atoms with Crippen molar-refractivity contribution in [3.8, 4) is 0 Å². The van der Waals surface area contributed by atoms with E-state index in [2.05, 4.69) is 40.3 Å². The van der Waals surface area contributed by atoms with Crippen molar-refractivity contribution >= 4 is 28.3 Å². The molecule has 0 radical (unpaired) electrons. The summed E-state index contributed by atoms with van der Waals surface area (Å²) in [7, 11) is 0. The lowest BCUT2D eigenvalue weighted by Gasteiger charge is -2.19. The topological polar surface area (TPSA) is 12.0 Å². The van der Waals surface area contributed by atoms with Crippen molar-refractivity contribution in [3.05, 3.63) is 33.3 Å². The second-order valence-corrected chi connectivity index (χ2v) is 4.05. The summed E-state index contributed by atoms with van der Waals surface area (Å²) in [6.07, 6.45) is 1.15. The summed E-state index contributed by atoms with van der Waals surface area (Å²) in [5.74, 6) is 0. The third kappa shape index (κ3) is 2.06. The van der Waals surface area contributed by atoms with Crippen LogP contribution in [0.15, 0.2) is 16.6 Å². The van der Waals surface area contributed by atoms with Crippen LogP contribution in [0.2, 0.25) is 0 Å². The minimum absolute atomic E-state index is 0. The summed E-state index contributed by atoms with van der Waals surface area (Å²) in [6, 6.07) is 4.40. The molecular weight excluding hydrogens is 249 g/mol. The third-order valence-corrected chi connectivity index (χ3v) is 3.50. The van der Waals surface area contributed by atoms with Crippen LogP contribution in [0.4, 0.5) is 0 Å². The number of benzene rings is 1. The van der Waals surface area contributed by atoms with Crippen molar-refractivity contribution in [2.45, 2.75) is 19.9 Å². The third-order valence-electron chi connectivity index (χ3n) is 2.40. The van der Waals surface area contributed by atoms with Gasteiger partial charge in [-0.3, -0.25) is 0 Å². The summed E-state index contributed by atoms with van der Waals surface area (Å²) in [5, 5.41) is 3.37. The average Bonchev–Trinajstić information content (AvgIpc) is 2.12. The zero-order valence-electron chi connectivity index (χ0n) is 7.56. The van der Waals surface area contributed by atoms with Crippen LogP contribution in [0.1, 0.15) is 16.7 Å². The molecule has 13 heavy (non-hydrogen) atoms. The molecule has 0 aliphatic carbocycles. The predicted octanol–water partition coefficient (Wildman–Crippen LogP) is 2.83. The van der Waals surface area contributed by atoms with Gasteiger partial charge in [0, 0.05) is 11.0 Å². The van der Waals surface area contributed by atoms with E-state index < -0.39 is 0 Å². The van der Waals surface area contributed by atoms with E-state index in [1.807, 2.05) is 0 Å². The molecule has 1 aliphatic heterocycles. The van der Waals surface area contributed by atoms with E-state index in [1.54, 1.807) is 0 Å². The Bertz CT molecular complexity index is 312. The molecule has 1 aromatic carbocycles. The lowest BCUT2D eigenvalue weighted by molar-refractivity contribution is 0.641. The van der Waals surface area contributed by atoms with Crippen LogP contribution in [0.25, 0.3) is 0 Å². The quantitative estimate of drug-likeness (QED) is 0.758. The van der Waals surface area contributed by atoms with Gasteiger partial charge in [0.15, 0.2) is 0 Å². The molecule has 1 aliphatic rings. The molecule has 72 valence electrons. The minimum atomic E-state index is 0. The molecule has 3 heteroatoms. The predicted molar refractivity (Wildman–Crippen MR) is 61.5 cm³/mol. The number of halogens is 2. The SMILES string of the molecule is Cc1ccc2c(c1Br)CCNC2.Cl. The molecule has 1 N–H and O–H groups in total. The van der Waals surface area contributed by atoms with Gasteiger partial charge in [-0.2, -0.15) is 0 Å². The molecule has 0 fully saturated rings. The molecule has 0 unspecified atom stereocenters. The molecule has 1 heterocycles. The minimum Gasteiger partial charge on any atom is -0.312 e. The lowest BCUT2D eigenvalue weighted by Crippen LogP contribution is -2.23. The van der Waals surface area contributed by atoms with Gasteiger partial charge in [0.05, 0.1) is 0 Å². The molecule has 0 amide bonds. The van der Waals surface area contributed by atoms with Gasteiger partial charge in [-0.1, -0.05) is 28.1 Å². The van der Waals surface area contributed by atoms with Crippen LogP contribution in [-0.4, -0.2) is 6.54 Å². The van der Waals surface area contributed by atoms with Crippen molar-refractivity contribution < 1.29 is 0 Å². The maximum atomic E-state index is 3.64. The Labute approximate surface area is 93.5 Å². The van der Waals surface area contributed by atoms with Crippen LogP contribution in [0, 0.1) is 6.92 Å². The summed E-state index contributed by atoms with van der Waals surface area (Å²) < 4.78 is 1.31. The van der Waals surface area contributed by atoms with Crippen molar-refractivity contribution in [3.63, 3.8) is 0 Å².